The SMILES string of the molecule is CC(C)(CN1CCC1)c1ccc(N)cc1. The molecule has 1 aliphatic heterocycles. The van der Waals surface area contributed by atoms with Gasteiger partial charge in [-0.1, -0.05) is 26.0 Å². The molecule has 0 spiro atoms. The van der Waals surface area contributed by atoms with Crippen molar-refractivity contribution >= 4 is 5.69 Å². The maximum Gasteiger partial charge on any atom is 0.0314 e. The van der Waals surface area contributed by atoms with Crippen molar-refractivity contribution in [2.75, 3.05) is 25.4 Å². The fraction of sp³-hybridized carbons (Fsp3) is 0.538. The van der Waals surface area contributed by atoms with E-state index in [4.69, 9.17) is 5.73 Å². The van der Waals surface area contributed by atoms with Crippen LogP contribution in [0.3, 0.4) is 0 Å². The molecular formula is C13H20N2. The first-order valence-electron chi connectivity index (χ1n) is 5.66. The summed E-state index contributed by atoms with van der Waals surface area (Å²) in [6.07, 6.45) is 1.36. The Kier molecular flexibility index (Phi) is 2.70. The van der Waals surface area contributed by atoms with Gasteiger partial charge in [0.2, 0.25) is 0 Å². The van der Waals surface area contributed by atoms with Crippen LogP contribution in [0, 0.1) is 0 Å². The standard InChI is InChI=1S/C13H20N2/c1-13(2,10-15-8-3-9-15)11-4-6-12(14)7-5-11/h4-7H,3,8-10,14H2,1-2H3. The Morgan fingerprint density at radius 2 is 1.80 bits per heavy atom. The summed E-state index contributed by atoms with van der Waals surface area (Å²) >= 11 is 0. The Balaban J connectivity index is 2.09. The maximum atomic E-state index is 5.70. The average molecular weight is 204 g/mol. The van der Waals surface area contributed by atoms with E-state index in [0.29, 0.717) is 0 Å². The van der Waals surface area contributed by atoms with Crippen molar-refractivity contribution in [1.29, 1.82) is 0 Å². The molecule has 1 saturated heterocycles. The van der Waals surface area contributed by atoms with Gasteiger partial charge in [0, 0.05) is 17.6 Å². The van der Waals surface area contributed by atoms with E-state index in [0.717, 1.165) is 12.2 Å². The van der Waals surface area contributed by atoms with Crippen molar-refractivity contribution in [2.24, 2.45) is 0 Å². The number of anilines is 1. The Bertz CT molecular complexity index is 323. The molecule has 1 heterocycles. The summed E-state index contributed by atoms with van der Waals surface area (Å²) in [4.78, 5) is 2.51. The lowest BCUT2D eigenvalue weighted by Crippen LogP contribution is -2.44. The zero-order chi connectivity index (χ0) is 10.9. The van der Waals surface area contributed by atoms with Crippen molar-refractivity contribution in [3.8, 4) is 0 Å². The van der Waals surface area contributed by atoms with Crippen LogP contribution >= 0.6 is 0 Å². The first kappa shape index (κ1) is 10.5. The molecular weight excluding hydrogens is 184 g/mol. The Labute approximate surface area is 92.1 Å². The number of benzene rings is 1. The minimum Gasteiger partial charge on any atom is -0.399 e. The predicted octanol–water partition coefficient (Wildman–Crippen LogP) is 2.25. The van der Waals surface area contributed by atoms with Gasteiger partial charge in [0.1, 0.15) is 0 Å². The molecule has 0 atom stereocenters. The zero-order valence-corrected chi connectivity index (χ0v) is 9.66. The quantitative estimate of drug-likeness (QED) is 0.765. The van der Waals surface area contributed by atoms with Crippen molar-refractivity contribution in [3.63, 3.8) is 0 Å². The van der Waals surface area contributed by atoms with Gasteiger partial charge in [-0.2, -0.15) is 0 Å². The van der Waals surface area contributed by atoms with Crippen LogP contribution in [0.2, 0.25) is 0 Å². The molecule has 0 amide bonds. The molecule has 1 aromatic carbocycles. The van der Waals surface area contributed by atoms with Crippen LogP contribution in [0.4, 0.5) is 5.69 Å². The Morgan fingerprint density at radius 3 is 2.27 bits per heavy atom. The largest absolute Gasteiger partial charge is 0.399 e. The van der Waals surface area contributed by atoms with E-state index in [-0.39, 0.29) is 5.41 Å². The molecule has 1 fully saturated rings. The van der Waals surface area contributed by atoms with Gasteiger partial charge in [-0.3, -0.25) is 0 Å². The molecule has 0 saturated carbocycles. The summed E-state index contributed by atoms with van der Waals surface area (Å²) in [5.74, 6) is 0. The summed E-state index contributed by atoms with van der Waals surface area (Å²) in [5.41, 5.74) is 8.15. The van der Waals surface area contributed by atoms with E-state index in [1.807, 2.05) is 12.1 Å². The lowest BCUT2D eigenvalue weighted by atomic mass is 9.83. The molecule has 15 heavy (non-hydrogen) atoms. The summed E-state index contributed by atoms with van der Waals surface area (Å²) < 4.78 is 0. The summed E-state index contributed by atoms with van der Waals surface area (Å²) in [7, 11) is 0. The number of rotatable bonds is 3. The van der Waals surface area contributed by atoms with Gasteiger partial charge in [-0.25, -0.2) is 0 Å². The summed E-state index contributed by atoms with van der Waals surface area (Å²) in [6.45, 7) is 8.28. The van der Waals surface area contributed by atoms with Gasteiger partial charge in [0.05, 0.1) is 0 Å². The van der Waals surface area contributed by atoms with E-state index in [1.54, 1.807) is 0 Å². The monoisotopic (exact) mass is 204 g/mol. The van der Waals surface area contributed by atoms with E-state index in [2.05, 4.69) is 30.9 Å². The molecule has 0 unspecified atom stereocenters. The lowest BCUT2D eigenvalue weighted by Gasteiger charge is -2.38. The fourth-order valence-corrected chi connectivity index (χ4v) is 2.12. The van der Waals surface area contributed by atoms with Crippen LogP contribution in [-0.2, 0) is 5.41 Å². The van der Waals surface area contributed by atoms with Crippen molar-refractivity contribution in [1.82, 2.24) is 4.90 Å². The van der Waals surface area contributed by atoms with Crippen LogP contribution < -0.4 is 5.73 Å². The molecule has 0 aromatic heterocycles. The summed E-state index contributed by atoms with van der Waals surface area (Å²) in [6, 6.07) is 8.28. The van der Waals surface area contributed by atoms with Gasteiger partial charge in [-0.05, 0) is 37.2 Å². The minimum atomic E-state index is 0.230. The third kappa shape index (κ3) is 2.32. The van der Waals surface area contributed by atoms with Gasteiger partial charge in [-0.15, -0.1) is 0 Å². The van der Waals surface area contributed by atoms with Crippen molar-refractivity contribution in [2.45, 2.75) is 25.7 Å². The fourth-order valence-electron chi connectivity index (χ4n) is 2.12. The van der Waals surface area contributed by atoms with Crippen LogP contribution in [0.25, 0.3) is 0 Å². The maximum absolute atomic E-state index is 5.70. The van der Waals surface area contributed by atoms with Gasteiger partial charge < -0.3 is 10.6 Å². The molecule has 2 rings (SSSR count). The molecule has 2 nitrogen and oxygen atoms in total. The highest BCUT2D eigenvalue weighted by Gasteiger charge is 2.26. The number of likely N-dealkylation sites (tertiary alicyclic amines) is 1. The van der Waals surface area contributed by atoms with Crippen LogP contribution in [-0.4, -0.2) is 24.5 Å². The highest BCUT2D eigenvalue weighted by atomic mass is 15.2. The molecule has 2 heteroatoms. The van der Waals surface area contributed by atoms with Gasteiger partial charge in [0.15, 0.2) is 0 Å². The van der Waals surface area contributed by atoms with Crippen LogP contribution in [0.1, 0.15) is 25.8 Å². The normalized spacial score (nSPS) is 17.5. The second kappa shape index (κ2) is 3.86. The van der Waals surface area contributed by atoms with Crippen molar-refractivity contribution < 1.29 is 0 Å². The third-order valence-electron chi connectivity index (χ3n) is 3.26. The second-order valence-electron chi connectivity index (χ2n) is 5.14. The molecule has 1 aromatic rings. The number of nitrogen functional groups attached to an aromatic ring is 1. The Morgan fingerprint density at radius 1 is 1.20 bits per heavy atom. The third-order valence-corrected chi connectivity index (χ3v) is 3.26. The molecule has 2 N–H and O–H groups in total. The smallest absolute Gasteiger partial charge is 0.0314 e. The molecule has 82 valence electrons. The number of hydrogen-bond donors (Lipinski definition) is 1. The predicted molar refractivity (Wildman–Crippen MR) is 64.9 cm³/mol. The highest BCUT2D eigenvalue weighted by molar-refractivity contribution is 5.41. The van der Waals surface area contributed by atoms with E-state index in [1.165, 1.54) is 25.1 Å². The molecule has 1 aliphatic rings. The minimum absolute atomic E-state index is 0.230. The lowest BCUT2D eigenvalue weighted by molar-refractivity contribution is 0.147. The van der Waals surface area contributed by atoms with Crippen LogP contribution in [0.5, 0.6) is 0 Å². The van der Waals surface area contributed by atoms with Gasteiger partial charge >= 0.3 is 0 Å². The second-order valence-corrected chi connectivity index (χ2v) is 5.14. The number of nitrogens with two attached hydrogens (primary N) is 1. The summed E-state index contributed by atoms with van der Waals surface area (Å²) in [5, 5.41) is 0. The van der Waals surface area contributed by atoms with Crippen LogP contribution in [0.15, 0.2) is 24.3 Å². The molecule has 0 bridgehead atoms. The van der Waals surface area contributed by atoms with E-state index >= 15 is 0 Å². The van der Waals surface area contributed by atoms with E-state index < -0.39 is 0 Å². The topological polar surface area (TPSA) is 29.3 Å². The first-order valence-corrected chi connectivity index (χ1v) is 5.66. The average Bonchev–Trinajstić information content (AvgIpc) is 2.13. The number of hydrogen-bond acceptors (Lipinski definition) is 2. The zero-order valence-electron chi connectivity index (χ0n) is 9.66. The van der Waals surface area contributed by atoms with E-state index in [9.17, 15) is 0 Å². The first-order chi connectivity index (χ1) is 7.08. The molecule has 0 radical (unpaired) electrons. The highest BCUT2D eigenvalue weighted by Crippen LogP contribution is 2.26. The molecule has 0 aliphatic carbocycles. The van der Waals surface area contributed by atoms with Gasteiger partial charge in [0.25, 0.3) is 0 Å². The number of nitrogens with zero attached hydrogens (tertiary/aromatic N) is 1. The Hall–Kier alpha value is -1.02. The van der Waals surface area contributed by atoms with Crippen molar-refractivity contribution in [3.05, 3.63) is 29.8 Å².